The van der Waals surface area contributed by atoms with Crippen molar-refractivity contribution in [2.24, 2.45) is 5.10 Å². The predicted molar refractivity (Wildman–Crippen MR) is 131 cm³/mol. The van der Waals surface area contributed by atoms with Crippen molar-refractivity contribution in [2.75, 3.05) is 17.8 Å². The first-order chi connectivity index (χ1) is 17.5. The highest BCUT2D eigenvalue weighted by molar-refractivity contribution is 5.83. The molecule has 0 aliphatic carbocycles. The summed E-state index contributed by atoms with van der Waals surface area (Å²) in [6, 6.07) is 17.3. The van der Waals surface area contributed by atoms with Gasteiger partial charge in [-0.1, -0.05) is 42.5 Å². The number of anilines is 2. The fourth-order valence-electron chi connectivity index (χ4n) is 3.87. The van der Waals surface area contributed by atoms with E-state index in [2.05, 4.69) is 25.5 Å². The first-order valence-corrected chi connectivity index (χ1v) is 11.2. The van der Waals surface area contributed by atoms with Crippen LogP contribution in [0.25, 0.3) is 11.2 Å². The van der Waals surface area contributed by atoms with Crippen LogP contribution in [0.2, 0.25) is 0 Å². The zero-order valence-corrected chi connectivity index (χ0v) is 19.0. The fraction of sp³-hybridized carbons (Fsp3) is 0.250. The van der Waals surface area contributed by atoms with Gasteiger partial charge in [-0.15, -0.1) is 0 Å². The fourth-order valence-corrected chi connectivity index (χ4v) is 3.87. The van der Waals surface area contributed by atoms with Crippen molar-refractivity contribution in [3.05, 3.63) is 72.1 Å². The van der Waals surface area contributed by atoms with E-state index >= 15 is 0 Å². The van der Waals surface area contributed by atoms with E-state index in [0.29, 0.717) is 17.9 Å². The van der Waals surface area contributed by atoms with E-state index in [9.17, 15) is 15.3 Å². The number of nitrogens with one attached hydrogen (secondary N) is 1. The van der Waals surface area contributed by atoms with Crippen LogP contribution in [0.5, 0.6) is 5.75 Å². The molecular weight excluding hydrogens is 466 g/mol. The molecule has 0 bridgehead atoms. The van der Waals surface area contributed by atoms with E-state index in [4.69, 9.17) is 15.2 Å². The molecule has 4 unspecified atom stereocenters. The molecule has 12 nitrogen and oxygen atoms in total. The summed E-state index contributed by atoms with van der Waals surface area (Å²) in [6.45, 7) is 0.00841. The van der Waals surface area contributed by atoms with Crippen LogP contribution in [0.1, 0.15) is 17.4 Å². The summed E-state index contributed by atoms with van der Waals surface area (Å²) in [6.07, 6.45) is -1.53. The topological polar surface area (TPSA) is 173 Å². The van der Waals surface area contributed by atoms with Gasteiger partial charge in [0.2, 0.25) is 5.95 Å². The highest BCUT2D eigenvalue weighted by atomic mass is 16.6. The van der Waals surface area contributed by atoms with Gasteiger partial charge in [0.15, 0.2) is 17.7 Å². The largest absolute Gasteiger partial charge is 0.489 e. The summed E-state index contributed by atoms with van der Waals surface area (Å²) in [7, 11) is 0. The Morgan fingerprint density at radius 2 is 1.94 bits per heavy atom. The molecule has 0 spiro atoms. The van der Waals surface area contributed by atoms with Crippen LogP contribution in [0.4, 0.5) is 11.8 Å². The van der Waals surface area contributed by atoms with Crippen molar-refractivity contribution < 1.29 is 24.8 Å². The molecule has 0 saturated carbocycles. The minimum Gasteiger partial charge on any atom is -0.489 e. The van der Waals surface area contributed by atoms with Gasteiger partial charge in [0, 0.05) is 0 Å². The quantitative estimate of drug-likeness (QED) is 0.177. The summed E-state index contributed by atoms with van der Waals surface area (Å²) in [4.78, 5) is 12.7. The lowest BCUT2D eigenvalue weighted by atomic mass is 10.1. The number of fused-ring (bicyclic) bond motifs is 1. The number of nitrogen functional groups attached to an aromatic ring is 1. The average Bonchev–Trinajstić information content (AvgIpc) is 3.44. The van der Waals surface area contributed by atoms with Gasteiger partial charge in [-0.05, 0) is 23.3 Å². The Morgan fingerprint density at radius 3 is 2.72 bits per heavy atom. The van der Waals surface area contributed by atoms with Crippen LogP contribution in [-0.4, -0.2) is 66.0 Å². The van der Waals surface area contributed by atoms with Gasteiger partial charge in [0.1, 0.15) is 36.2 Å². The monoisotopic (exact) mass is 491 g/mol. The molecule has 0 radical (unpaired) electrons. The van der Waals surface area contributed by atoms with E-state index in [1.807, 2.05) is 54.6 Å². The Kier molecular flexibility index (Phi) is 6.73. The lowest BCUT2D eigenvalue weighted by Crippen LogP contribution is -2.33. The van der Waals surface area contributed by atoms with Gasteiger partial charge in [-0.2, -0.15) is 15.1 Å². The standard InChI is InChI=1S/C24H25N7O5/c25-21-18-22(31(13-26-18)23-20(34)19(33)17(11-32)36-23)29-24(28-21)30-27-10-15-7-4-8-16(9-15)35-12-14-5-2-1-3-6-14/h1-10,13,17,19-20,23,32-34H,11-12H2,(H3,25,28,29,30)/b27-10+. The van der Waals surface area contributed by atoms with Crippen molar-refractivity contribution in [3.8, 4) is 5.75 Å². The number of hydrogen-bond acceptors (Lipinski definition) is 11. The van der Waals surface area contributed by atoms with Crippen molar-refractivity contribution in [1.82, 2.24) is 19.5 Å². The smallest absolute Gasteiger partial charge is 0.247 e. The number of imidazole rings is 1. The SMILES string of the molecule is Nc1nc(N/N=C/c2cccc(OCc3ccccc3)c2)nc2c1ncn2C1OC(CO)C(O)C1O. The Hall–Kier alpha value is -4.10. The van der Waals surface area contributed by atoms with Crippen LogP contribution < -0.4 is 15.9 Å². The molecule has 3 heterocycles. The van der Waals surface area contributed by atoms with Crippen LogP contribution in [0.3, 0.4) is 0 Å². The van der Waals surface area contributed by atoms with Crippen LogP contribution >= 0.6 is 0 Å². The first kappa shape index (κ1) is 23.6. The first-order valence-electron chi connectivity index (χ1n) is 11.2. The summed E-state index contributed by atoms with van der Waals surface area (Å²) >= 11 is 0. The zero-order valence-electron chi connectivity index (χ0n) is 19.0. The van der Waals surface area contributed by atoms with E-state index in [1.165, 1.54) is 10.9 Å². The molecule has 1 fully saturated rings. The number of benzene rings is 2. The molecule has 4 aromatic rings. The lowest BCUT2D eigenvalue weighted by molar-refractivity contribution is -0.0511. The van der Waals surface area contributed by atoms with Gasteiger partial charge in [0.25, 0.3) is 0 Å². The third-order valence-electron chi connectivity index (χ3n) is 5.72. The molecule has 1 saturated heterocycles. The van der Waals surface area contributed by atoms with Gasteiger partial charge in [0.05, 0.1) is 19.1 Å². The molecular formula is C24H25N7O5. The molecule has 5 rings (SSSR count). The molecule has 4 atom stereocenters. The van der Waals surface area contributed by atoms with E-state index in [1.54, 1.807) is 6.21 Å². The third kappa shape index (κ3) is 4.83. The van der Waals surface area contributed by atoms with Crippen molar-refractivity contribution in [2.45, 2.75) is 31.1 Å². The molecule has 2 aromatic heterocycles. The maximum absolute atomic E-state index is 10.4. The van der Waals surface area contributed by atoms with Crippen LogP contribution in [0, 0.1) is 0 Å². The number of aliphatic hydroxyl groups excluding tert-OH is 3. The summed E-state index contributed by atoms with van der Waals surface area (Å²) in [5.74, 6) is 0.896. The van der Waals surface area contributed by atoms with E-state index in [-0.39, 0.29) is 17.4 Å². The number of hydrogen-bond donors (Lipinski definition) is 5. The molecule has 0 amide bonds. The van der Waals surface area contributed by atoms with E-state index in [0.717, 1.165) is 11.1 Å². The Morgan fingerprint density at radius 1 is 1.11 bits per heavy atom. The van der Waals surface area contributed by atoms with Gasteiger partial charge in [-0.3, -0.25) is 4.57 Å². The summed E-state index contributed by atoms with van der Waals surface area (Å²) in [5, 5.41) is 34.0. The Balaban J connectivity index is 1.30. The second-order valence-corrected chi connectivity index (χ2v) is 8.20. The number of aliphatic hydroxyl groups is 3. The number of nitrogens with two attached hydrogens (primary N) is 1. The van der Waals surface area contributed by atoms with Crippen molar-refractivity contribution >= 4 is 29.1 Å². The number of hydrazone groups is 1. The van der Waals surface area contributed by atoms with Gasteiger partial charge < -0.3 is 30.5 Å². The van der Waals surface area contributed by atoms with Crippen molar-refractivity contribution in [1.29, 1.82) is 0 Å². The molecule has 12 heteroatoms. The number of nitrogens with zero attached hydrogens (tertiary/aromatic N) is 5. The maximum Gasteiger partial charge on any atom is 0.247 e. The normalized spacial score (nSPS) is 21.9. The lowest BCUT2D eigenvalue weighted by Gasteiger charge is -2.16. The second-order valence-electron chi connectivity index (χ2n) is 8.20. The number of ether oxygens (including phenoxy) is 2. The summed E-state index contributed by atoms with van der Waals surface area (Å²) < 4.78 is 12.9. The zero-order chi connectivity index (χ0) is 25.1. The number of aromatic nitrogens is 4. The minimum atomic E-state index is -1.29. The highest BCUT2D eigenvalue weighted by Gasteiger charge is 2.44. The Bertz CT molecular complexity index is 1360. The van der Waals surface area contributed by atoms with Crippen molar-refractivity contribution in [3.63, 3.8) is 0 Å². The molecule has 1 aliphatic rings. The molecule has 2 aromatic carbocycles. The van der Waals surface area contributed by atoms with Crippen LogP contribution in [-0.2, 0) is 11.3 Å². The second kappa shape index (κ2) is 10.3. The third-order valence-corrected chi connectivity index (χ3v) is 5.72. The molecule has 186 valence electrons. The predicted octanol–water partition coefficient (Wildman–Crippen LogP) is 1.04. The Labute approximate surface area is 205 Å². The van der Waals surface area contributed by atoms with Gasteiger partial charge in [-0.25, -0.2) is 10.4 Å². The molecule has 6 N–H and O–H groups in total. The minimum absolute atomic E-state index is 0.0968. The maximum atomic E-state index is 10.4. The molecule has 1 aliphatic heterocycles. The van der Waals surface area contributed by atoms with E-state index < -0.39 is 31.1 Å². The number of rotatable bonds is 8. The summed E-state index contributed by atoms with van der Waals surface area (Å²) in [5.41, 5.74) is 11.2. The van der Waals surface area contributed by atoms with Crippen LogP contribution in [0.15, 0.2) is 66.0 Å². The molecule has 36 heavy (non-hydrogen) atoms. The van der Waals surface area contributed by atoms with Gasteiger partial charge >= 0.3 is 0 Å². The highest BCUT2D eigenvalue weighted by Crippen LogP contribution is 2.32. The average molecular weight is 492 g/mol.